The fourth-order valence-electron chi connectivity index (χ4n) is 2.48. The van der Waals surface area contributed by atoms with E-state index in [-0.39, 0.29) is 17.8 Å². The number of carbonyl (C=O) groups excluding carboxylic acids is 1. The van der Waals surface area contributed by atoms with E-state index in [0.29, 0.717) is 25.3 Å². The Morgan fingerprint density at radius 1 is 1.22 bits per heavy atom. The monoisotopic (exact) mass is 319 g/mol. The molecule has 0 amide bonds. The van der Waals surface area contributed by atoms with Crippen molar-refractivity contribution in [1.82, 2.24) is 0 Å². The molecule has 0 bridgehead atoms. The zero-order valence-electron chi connectivity index (χ0n) is 14.9. The summed E-state index contributed by atoms with van der Waals surface area (Å²) in [6.45, 7) is 10.1. The average Bonchev–Trinajstić information content (AvgIpc) is 2.45. The molecule has 0 aliphatic heterocycles. The Kier molecular flexibility index (Phi) is 7.43. The normalized spacial score (nSPS) is 14.1. The van der Waals surface area contributed by atoms with E-state index in [1.807, 2.05) is 32.0 Å². The van der Waals surface area contributed by atoms with E-state index >= 15 is 0 Å². The van der Waals surface area contributed by atoms with Crippen LogP contribution in [0.4, 0.5) is 0 Å². The molecule has 0 fully saturated rings. The lowest BCUT2D eigenvalue weighted by Gasteiger charge is -2.25. The Morgan fingerprint density at radius 2 is 1.83 bits per heavy atom. The van der Waals surface area contributed by atoms with Gasteiger partial charge in [-0.2, -0.15) is 0 Å². The van der Waals surface area contributed by atoms with Crippen LogP contribution in [0.25, 0.3) is 0 Å². The van der Waals surface area contributed by atoms with Gasteiger partial charge in [-0.25, -0.2) is 0 Å². The summed E-state index contributed by atoms with van der Waals surface area (Å²) in [6.07, 6.45) is 0.698. The molecule has 0 radical (unpaired) electrons. The second-order valence-corrected chi connectivity index (χ2v) is 6.84. The standard InChI is InChI=1S/C19H29NO3/c1-14(12-22-13-19(4,5)23-16(3)21)11-18(20)15(2)17-9-7-6-8-10-17/h6-10,14-15,20H,11-13H2,1-5H3/t14-,15?/m1/s1. The number of ether oxygens (including phenoxy) is 2. The number of benzene rings is 1. The predicted molar refractivity (Wildman–Crippen MR) is 93.0 cm³/mol. The maximum atomic E-state index is 11.0. The molecule has 0 aromatic heterocycles. The molecule has 128 valence electrons. The van der Waals surface area contributed by atoms with Crippen molar-refractivity contribution in [2.45, 2.75) is 52.6 Å². The van der Waals surface area contributed by atoms with Crippen LogP contribution in [0.3, 0.4) is 0 Å². The third-order valence-electron chi connectivity index (χ3n) is 3.66. The molecular formula is C19H29NO3. The number of hydrogen-bond acceptors (Lipinski definition) is 4. The van der Waals surface area contributed by atoms with Gasteiger partial charge in [0.1, 0.15) is 5.60 Å². The van der Waals surface area contributed by atoms with Crippen molar-refractivity contribution in [3.63, 3.8) is 0 Å². The summed E-state index contributed by atoms with van der Waals surface area (Å²) in [5.74, 6) is 0.0723. The quantitative estimate of drug-likeness (QED) is 0.548. The average molecular weight is 319 g/mol. The number of hydrogen-bond donors (Lipinski definition) is 1. The van der Waals surface area contributed by atoms with E-state index < -0.39 is 5.60 Å². The van der Waals surface area contributed by atoms with Gasteiger partial charge in [-0.3, -0.25) is 4.79 Å². The summed E-state index contributed by atoms with van der Waals surface area (Å²) >= 11 is 0. The SMILES string of the molecule is CC(=O)OC(C)(C)COC[C@H](C)CC(=N)C(C)c1ccccc1. The van der Waals surface area contributed by atoms with Crippen molar-refractivity contribution >= 4 is 11.7 Å². The maximum absolute atomic E-state index is 11.0. The summed E-state index contributed by atoms with van der Waals surface area (Å²) in [5.41, 5.74) is 1.27. The lowest BCUT2D eigenvalue weighted by Crippen LogP contribution is -2.33. The van der Waals surface area contributed by atoms with E-state index in [9.17, 15) is 4.79 Å². The second kappa shape index (κ2) is 8.82. The first-order valence-electron chi connectivity index (χ1n) is 8.11. The fourth-order valence-corrected chi connectivity index (χ4v) is 2.48. The number of carbonyl (C=O) groups is 1. The van der Waals surface area contributed by atoms with E-state index in [2.05, 4.69) is 26.0 Å². The molecule has 4 heteroatoms. The van der Waals surface area contributed by atoms with Crippen molar-refractivity contribution in [1.29, 1.82) is 5.41 Å². The van der Waals surface area contributed by atoms with Crippen LogP contribution in [-0.2, 0) is 14.3 Å². The van der Waals surface area contributed by atoms with Crippen LogP contribution >= 0.6 is 0 Å². The van der Waals surface area contributed by atoms with Gasteiger partial charge in [-0.15, -0.1) is 0 Å². The molecular weight excluding hydrogens is 290 g/mol. The lowest BCUT2D eigenvalue weighted by atomic mass is 9.90. The van der Waals surface area contributed by atoms with Crippen LogP contribution in [0.2, 0.25) is 0 Å². The van der Waals surface area contributed by atoms with Gasteiger partial charge in [0.2, 0.25) is 0 Å². The minimum absolute atomic E-state index is 0.121. The number of nitrogens with one attached hydrogen (secondary N) is 1. The molecule has 0 spiro atoms. The summed E-state index contributed by atoms with van der Waals surface area (Å²) < 4.78 is 10.9. The van der Waals surface area contributed by atoms with E-state index in [4.69, 9.17) is 14.9 Å². The maximum Gasteiger partial charge on any atom is 0.303 e. The van der Waals surface area contributed by atoms with Crippen LogP contribution in [-0.4, -0.2) is 30.5 Å². The highest BCUT2D eigenvalue weighted by Gasteiger charge is 2.22. The van der Waals surface area contributed by atoms with E-state index in [0.717, 1.165) is 0 Å². The van der Waals surface area contributed by atoms with Crippen molar-refractivity contribution < 1.29 is 14.3 Å². The van der Waals surface area contributed by atoms with Gasteiger partial charge in [0.25, 0.3) is 0 Å². The van der Waals surface area contributed by atoms with Gasteiger partial charge in [-0.1, -0.05) is 44.2 Å². The summed E-state index contributed by atoms with van der Waals surface area (Å²) in [4.78, 5) is 11.0. The van der Waals surface area contributed by atoms with E-state index in [1.54, 1.807) is 0 Å². The number of rotatable bonds is 9. The minimum atomic E-state index is -0.615. The van der Waals surface area contributed by atoms with Gasteiger partial charge in [0.15, 0.2) is 0 Å². The van der Waals surface area contributed by atoms with Crippen molar-refractivity contribution in [3.8, 4) is 0 Å². The van der Waals surface area contributed by atoms with Crippen LogP contribution in [0.15, 0.2) is 30.3 Å². The summed E-state index contributed by atoms with van der Waals surface area (Å²) in [5, 5.41) is 8.29. The second-order valence-electron chi connectivity index (χ2n) is 6.84. The molecule has 23 heavy (non-hydrogen) atoms. The van der Waals surface area contributed by atoms with Gasteiger partial charge < -0.3 is 14.9 Å². The molecule has 0 aliphatic rings. The molecule has 1 aromatic rings. The Balaban J connectivity index is 2.37. The molecule has 4 nitrogen and oxygen atoms in total. The van der Waals surface area contributed by atoms with Crippen molar-refractivity contribution in [2.24, 2.45) is 5.92 Å². The molecule has 0 heterocycles. The first-order chi connectivity index (χ1) is 10.7. The Labute approximate surface area is 139 Å². The summed E-state index contributed by atoms with van der Waals surface area (Å²) in [6, 6.07) is 10.1. The minimum Gasteiger partial charge on any atom is -0.457 e. The Hall–Kier alpha value is -1.68. The Bertz CT molecular complexity index is 511. The molecule has 0 saturated carbocycles. The highest BCUT2D eigenvalue weighted by atomic mass is 16.6. The highest BCUT2D eigenvalue weighted by molar-refractivity contribution is 5.88. The van der Waals surface area contributed by atoms with Gasteiger partial charge in [-0.05, 0) is 31.7 Å². The van der Waals surface area contributed by atoms with Crippen LogP contribution in [0.5, 0.6) is 0 Å². The summed E-state index contributed by atoms with van der Waals surface area (Å²) in [7, 11) is 0. The molecule has 0 saturated heterocycles. The third kappa shape index (κ3) is 7.42. The first-order valence-corrected chi connectivity index (χ1v) is 8.11. The smallest absolute Gasteiger partial charge is 0.303 e. The van der Waals surface area contributed by atoms with Gasteiger partial charge in [0.05, 0.1) is 6.61 Å². The van der Waals surface area contributed by atoms with Crippen LogP contribution in [0.1, 0.15) is 52.5 Å². The zero-order valence-corrected chi connectivity index (χ0v) is 14.9. The number of esters is 1. The lowest BCUT2D eigenvalue weighted by molar-refractivity contribution is -0.159. The first kappa shape index (κ1) is 19.4. The topological polar surface area (TPSA) is 59.4 Å². The molecule has 1 rings (SSSR count). The molecule has 2 atom stereocenters. The Morgan fingerprint density at radius 3 is 2.39 bits per heavy atom. The van der Waals surface area contributed by atoms with E-state index in [1.165, 1.54) is 12.5 Å². The third-order valence-corrected chi connectivity index (χ3v) is 3.66. The fraction of sp³-hybridized carbons (Fsp3) is 0.579. The van der Waals surface area contributed by atoms with Crippen LogP contribution in [0, 0.1) is 11.3 Å². The predicted octanol–water partition coefficient (Wildman–Crippen LogP) is 4.19. The molecule has 1 unspecified atom stereocenters. The molecule has 1 N–H and O–H groups in total. The van der Waals surface area contributed by atoms with Crippen molar-refractivity contribution in [2.75, 3.05) is 13.2 Å². The van der Waals surface area contributed by atoms with Crippen molar-refractivity contribution in [3.05, 3.63) is 35.9 Å². The highest BCUT2D eigenvalue weighted by Crippen LogP contribution is 2.20. The molecule has 1 aromatic carbocycles. The zero-order chi connectivity index (χ0) is 17.5. The van der Waals surface area contributed by atoms with Crippen LogP contribution < -0.4 is 0 Å². The van der Waals surface area contributed by atoms with Gasteiger partial charge >= 0.3 is 5.97 Å². The van der Waals surface area contributed by atoms with Gasteiger partial charge in [0, 0.05) is 25.2 Å². The largest absolute Gasteiger partial charge is 0.457 e. The molecule has 0 aliphatic carbocycles.